The Balaban J connectivity index is 2.60. The number of likely N-dealkylation sites (tertiary alicyclic amines) is 1. The molecule has 1 aliphatic heterocycles. The van der Waals surface area contributed by atoms with Crippen molar-refractivity contribution in [2.24, 2.45) is 0 Å². The summed E-state index contributed by atoms with van der Waals surface area (Å²) in [6.45, 7) is 0.587. The number of nitrogens with zero attached hydrogens (tertiary/aromatic N) is 1. The smallest absolute Gasteiger partial charge is 0.449 e. The lowest BCUT2D eigenvalue weighted by Crippen LogP contribution is -2.42. The third-order valence-electron chi connectivity index (χ3n) is 2.54. The molecule has 1 unspecified atom stereocenters. The number of carbonyl (C=O) groups excluding carboxylic acids is 1. The zero-order valence-electron chi connectivity index (χ0n) is 10.4. The van der Waals surface area contributed by atoms with Crippen molar-refractivity contribution in [1.82, 2.24) is 4.90 Å². The molecule has 17 heavy (non-hydrogen) atoms. The summed E-state index contributed by atoms with van der Waals surface area (Å²) in [4.78, 5) is 12.9. The minimum absolute atomic E-state index is 0.353. The largest absolute Gasteiger partial charge is 0.480 e. The molecule has 1 atom stereocenters. The van der Waals surface area contributed by atoms with E-state index in [2.05, 4.69) is 0 Å². The van der Waals surface area contributed by atoms with Crippen molar-refractivity contribution in [2.75, 3.05) is 6.54 Å². The van der Waals surface area contributed by atoms with E-state index in [0.29, 0.717) is 19.4 Å². The van der Waals surface area contributed by atoms with Gasteiger partial charge in [0.15, 0.2) is 0 Å². The zero-order valence-corrected chi connectivity index (χ0v) is 10.4. The third kappa shape index (κ3) is 4.87. The van der Waals surface area contributed by atoms with Crippen molar-refractivity contribution in [1.29, 1.82) is 0 Å². The molecule has 0 spiro atoms. The molecular formula is C10H18BF3NO2-. The highest BCUT2D eigenvalue weighted by Gasteiger charge is 2.37. The van der Waals surface area contributed by atoms with Gasteiger partial charge in [0, 0.05) is 12.6 Å². The lowest BCUT2D eigenvalue weighted by Gasteiger charge is -2.30. The first-order chi connectivity index (χ1) is 7.58. The predicted molar refractivity (Wildman–Crippen MR) is 59.8 cm³/mol. The van der Waals surface area contributed by atoms with Crippen LogP contribution in [0.3, 0.4) is 0 Å². The van der Waals surface area contributed by atoms with E-state index in [1.165, 1.54) is 4.90 Å². The molecule has 0 aromatic rings. The van der Waals surface area contributed by atoms with E-state index in [1.807, 2.05) is 0 Å². The van der Waals surface area contributed by atoms with Crippen LogP contribution in [0.25, 0.3) is 0 Å². The molecule has 0 N–H and O–H groups in total. The van der Waals surface area contributed by atoms with Gasteiger partial charge in [0.25, 0.3) is 0 Å². The molecule has 0 saturated carbocycles. The maximum atomic E-state index is 12.4. The lowest BCUT2D eigenvalue weighted by molar-refractivity contribution is 0.0235. The number of amides is 1. The summed E-state index contributed by atoms with van der Waals surface area (Å²) in [6, 6.07) is -0.746. The molecule has 1 fully saturated rings. The number of halogens is 3. The molecule has 1 amide bonds. The summed E-state index contributed by atoms with van der Waals surface area (Å²) in [6.07, 6.45) is -0.518. The first-order valence-corrected chi connectivity index (χ1v) is 5.79. The fraction of sp³-hybridized carbons (Fsp3) is 0.900. The first kappa shape index (κ1) is 14.2. The number of ether oxygens (including phenoxy) is 1. The van der Waals surface area contributed by atoms with E-state index >= 15 is 0 Å². The van der Waals surface area contributed by atoms with Gasteiger partial charge in [-0.05, 0) is 33.6 Å². The first-order valence-electron chi connectivity index (χ1n) is 5.79. The van der Waals surface area contributed by atoms with Crippen LogP contribution in [-0.2, 0) is 4.74 Å². The van der Waals surface area contributed by atoms with E-state index in [1.54, 1.807) is 20.8 Å². The van der Waals surface area contributed by atoms with Crippen LogP contribution in [0.2, 0.25) is 6.32 Å². The van der Waals surface area contributed by atoms with E-state index < -0.39 is 31.0 Å². The fourth-order valence-electron chi connectivity index (χ4n) is 1.95. The van der Waals surface area contributed by atoms with Gasteiger partial charge >= 0.3 is 13.1 Å². The second-order valence-corrected chi connectivity index (χ2v) is 5.42. The summed E-state index contributed by atoms with van der Waals surface area (Å²) in [5.41, 5.74) is -0.673. The standard InChI is InChI=1S/C10H18BF3NO2/c1-10(2,3)17-9(16)15-6-4-5-8(15)7-11(12,13)14/h8H,4-7H2,1-3H3/q-1. The van der Waals surface area contributed by atoms with Crippen molar-refractivity contribution in [3.63, 3.8) is 0 Å². The molecular weight excluding hydrogens is 234 g/mol. The van der Waals surface area contributed by atoms with Crippen LogP contribution in [0.15, 0.2) is 0 Å². The summed E-state index contributed by atoms with van der Waals surface area (Å²) in [5, 5.41) is 0. The third-order valence-corrected chi connectivity index (χ3v) is 2.54. The predicted octanol–water partition coefficient (Wildman–Crippen LogP) is 3.23. The van der Waals surface area contributed by atoms with Crippen molar-refractivity contribution in [2.45, 2.75) is 51.6 Å². The molecule has 1 heterocycles. The maximum absolute atomic E-state index is 12.4. The molecule has 0 aromatic heterocycles. The molecule has 7 heteroatoms. The Morgan fingerprint density at radius 2 is 2.00 bits per heavy atom. The second-order valence-electron chi connectivity index (χ2n) is 5.42. The highest BCUT2D eigenvalue weighted by molar-refractivity contribution is 6.58. The van der Waals surface area contributed by atoms with E-state index in [9.17, 15) is 17.7 Å². The van der Waals surface area contributed by atoms with E-state index in [4.69, 9.17) is 4.74 Å². The van der Waals surface area contributed by atoms with Crippen LogP contribution in [0.4, 0.5) is 17.7 Å². The van der Waals surface area contributed by atoms with E-state index in [-0.39, 0.29) is 0 Å². The number of hydrogen-bond donors (Lipinski definition) is 0. The fourth-order valence-corrected chi connectivity index (χ4v) is 1.95. The quantitative estimate of drug-likeness (QED) is 0.706. The minimum Gasteiger partial charge on any atom is -0.449 e. The van der Waals surface area contributed by atoms with Gasteiger partial charge in [-0.1, -0.05) is 6.32 Å². The Hall–Kier alpha value is -0.875. The Bertz CT molecular complexity index is 288. The van der Waals surface area contributed by atoms with Gasteiger partial charge in [0.2, 0.25) is 0 Å². The average Bonchev–Trinajstić information content (AvgIpc) is 2.45. The molecule has 0 aromatic carbocycles. The SMILES string of the molecule is CC(C)(C)OC(=O)N1CCCC1C[B-](F)(F)F. The van der Waals surface area contributed by atoms with E-state index in [0.717, 1.165) is 0 Å². The molecule has 1 rings (SSSR count). The van der Waals surface area contributed by atoms with Crippen LogP contribution < -0.4 is 0 Å². The Morgan fingerprint density at radius 3 is 2.47 bits per heavy atom. The summed E-state index contributed by atoms with van der Waals surface area (Å²) in [5.74, 6) is 0. The zero-order chi connectivity index (χ0) is 13.3. The average molecular weight is 252 g/mol. The van der Waals surface area contributed by atoms with Gasteiger partial charge < -0.3 is 22.6 Å². The number of hydrogen-bond acceptors (Lipinski definition) is 2. The van der Waals surface area contributed by atoms with Crippen LogP contribution in [0, 0.1) is 0 Å². The maximum Gasteiger partial charge on any atom is 0.480 e. The molecule has 1 aliphatic rings. The van der Waals surface area contributed by atoms with Crippen LogP contribution in [0.5, 0.6) is 0 Å². The summed E-state index contributed by atoms with van der Waals surface area (Å²) in [7, 11) is 0. The Kier molecular flexibility index (Phi) is 3.99. The minimum atomic E-state index is -4.86. The molecule has 0 bridgehead atoms. The van der Waals surface area contributed by atoms with Crippen molar-refractivity contribution >= 4 is 13.1 Å². The van der Waals surface area contributed by atoms with Crippen LogP contribution >= 0.6 is 0 Å². The summed E-state index contributed by atoms with van der Waals surface area (Å²) >= 11 is 0. The Labute approximate surface area is 99.4 Å². The van der Waals surface area contributed by atoms with Crippen molar-refractivity contribution < 1.29 is 22.5 Å². The van der Waals surface area contributed by atoms with Gasteiger partial charge in [-0.2, -0.15) is 0 Å². The second kappa shape index (κ2) is 4.78. The monoisotopic (exact) mass is 252 g/mol. The summed E-state index contributed by atoms with van der Waals surface area (Å²) < 4.78 is 42.2. The van der Waals surface area contributed by atoms with Gasteiger partial charge in [0.1, 0.15) is 5.60 Å². The molecule has 0 aliphatic carbocycles. The van der Waals surface area contributed by atoms with Crippen LogP contribution in [-0.4, -0.2) is 36.2 Å². The van der Waals surface area contributed by atoms with Crippen molar-refractivity contribution in [3.05, 3.63) is 0 Å². The Morgan fingerprint density at radius 1 is 1.41 bits per heavy atom. The van der Waals surface area contributed by atoms with Gasteiger partial charge in [-0.3, -0.25) is 0 Å². The van der Waals surface area contributed by atoms with Crippen molar-refractivity contribution in [3.8, 4) is 0 Å². The highest BCUT2D eigenvalue weighted by atomic mass is 19.4. The normalized spacial score (nSPS) is 21.8. The number of carbonyl (C=O) groups is 1. The topological polar surface area (TPSA) is 29.5 Å². The molecule has 1 saturated heterocycles. The van der Waals surface area contributed by atoms with Gasteiger partial charge in [0.05, 0.1) is 0 Å². The molecule has 100 valence electrons. The molecule has 0 radical (unpaired) electrons. The van der Waals surface area contributed by atoms with Gasteiger partial charge in [-0.15, -0.1) is 0 Å². The lowest BCUT2D eigenvalue weighted by atomic mass is 9.81. The van der Waals surface area contributed by atoms with Crippen LogP contribution in [0.1, 0.15) is 33.6 Å². The van der Waals surface area contributed by atoms with Gasteiger partial charge in [-0.25, -0.2) is 4.79 Å². The number of rotatable bonds is 2. The highest BCUT2D eigenvalue weighted by Crippen LogP contribution is 2.29. The molecule has 3 nitrogen and oxygen atoms in total.